The van der Waals surface area contributed by atoms with Crippen LogP contribution < -0.4 is 5.11 Å². The number of ether oxygens (including phenoxy) is 4. The number of carboxylic acids is 1. The van der Waals surface area contributed by atoms with E-state index in [1.54, 1.807) is 0 Å². The number of quaternary nitrogens is 1. The summed E-state index contributed by atoms with van der Waals surface area (Å²) < 4.78 is 22.6. The molecule has 0 bridgehead atoms. The SMILES string of the molecule is CC/C=C\C/C=C\C/C=C\C/C=C\C/C=C\C/C=C\CCCCCCCCC(=O)OC(COC(=O)CCCCCC/C=C\C/C=C\C/C=C\C/C=C\C/C=C\C/C=C\CC)COC(OCC[N+](C)(C)C)C(=O)[O-]. The fraction of sp³-hybridized carbons (Fsp3) is 0.578. The molecule has 0 fully saturated rings. The normalized spacial score (nSPS) is 13.9. The van der Waals surface area contributed by atoms with Gasteiger partial charge in [0, 0.05) is 12.8 Å². The van der Waals surface area contributed by atoms with Gasteiger partial charge >= 0.3 is 11.9 Å². The molecular weight excluding hydrogens is 911 g/mol. The molecule has 0 amide bonds. The van der Waals surface area contributed by atoms with Gasteiger partial charge < -0.3 is 33.3 Å². The van der Waals surface area contributed by atoms with Gasteiger partial charge in [0.15, 0.2) is 12.4 Å². The van der Waals surface area contributed by atoms with Crippen LogP contribution in [-0.4, -0.2) is 82.3 Å². The topological polar surface area (TPSA) is 111 Å². The third-order valence-electron chi connectivity index (χ3n) is 11.1. The second-order valence-electron chi connectivity index (χ2n) is 19.1. The number of hydrogen-bond donors (Lipinski definition) is 0. The Morgan fingerprint density at radius 3 is 1.10 bits per heavy atom. The molecule has 410 valence electrons. The Morgan fingerprint density at radius 1 is 0.411 bits per heavy atom. The fourth-order valence-corrected chi connectivity index (χ4v) is 6.83. The number of carbonyl (C=O) groups is 3. The lowest BCUT2D eigenvalue weighted by Crippen LogP contribution is -2.44. The highest BCUT2D eigenvalue weighted by Gasteiger charge is 2.22. The van der Waals surface area contributed by atoms with Gasteiger partial charge in [-0.1, -0.05) is 198 Å². The summed E-state index contributed by atoms with van der Waals surface area (Å²) in [6, 6.07) is 0. The minimum Gasteiger partial charge on any atom is -0.545 e. The van der Waals surface area contributed by atoms with Crippen LogP contribution in [0.4, 0.5) is 0 Å². The number of likely N-dealkylation sites (N-methyl/N-ethyl adjacent to an activating group) is 1. The van der Waals surface area contributed by atoms with Crippen LogP contribution in [0.1, 0.15) is 181 Å². The van der Waals surface area contributed by atoms with Crippen molar-refractivity contribution in [1.29, 1.82) is 0 Å². The van der Waals surface area contributed by atoms with Crippen LogP contribution in [0.25, 0.3) is 0 Å². The first-order valence-corrected chi connectivity index (χ1v) is 28.0. The second kappa shape index (κ2) is 53.5. The van der Waals surface area contributed by atoms with Gasteiger partial charge in [0.25, 0.3) is 0 Å². The molecule has 0 aromatic rings. The van der Waals surface area contributed by atoms with Gasteiger partial charge in [-0.05, 0) is 116 Å². The molecule has 0 aliphatic heterocycles. The molecule has 0 heterocycles. The maximum Gasteiger partial charge on any atom is 0.306 e. The second-order valence-corrected chi connectivity index (χ2v) is 19.1. The van der Waals surface area contributed by atoms with Crippen molar-refractivity contribution in [2.24, 2.45) is 0 Å². The molecule has 0 aromatic heterocycles. The van der Waals surface area contributed by atoms with Gasteiger partial charge in [-0.2, -0.15) is 0 Å². The Balaban J connectivity index is 4.42. The number of carboxylic acid groups (broad SMARTS) is 1. The van der Waals surface area contributed by atoms with Crippen LogP contribution >= 0.6 is 0 Å². The first-order chi connectivity index (χ1) is 35.6. The van der Waals surface area contributed by atoms with Gasteiger partial charge in [-0.25, -0.2) is 0 Å². The van der Waals surface area contributed by atoms with E-state index in [0.717, 1.165) is 141 Å². The lowest BCUT2D eigenvalue weighted by molar-refractivity contribution is -0.870. The standard InChI is InChI=1S/C64H101NO8/c1-6-8-10-12-14-16-18-20-22-24-26-28-30-31-33-35-37-39-41-43-45-47-49-51-53-55-62(67)73-60(59-72-64(63(68)69)70-57-56-65(3,4)5)58-71-61(66)54-52-50-48-46-44-42-40-38-36-34-32-29-27-25-23-21-19-17-15-13-11-9-7-2/h8-11,14-17,20-23,26-29,31,33-34,36-37,39-40,42,60,64H,6-7,12-13,18-19,24-25,30,32,35,38,41,43-59H2,1-5H3/b10-8-,11-9-,16-14-,17-15-,22-20-,23-21-,28-26-,29-27-,33-31-,36-34-,39-37-,42-40-. The Bertz CT molecular complexity index is 1700. The molecule has 9 heteroatoms. The zero-order chi connectivity index (χ0) is 53.4. The quantitative estimate of drug-likeness (QED) is 0.0195. The third-order valence-corrected chi connectivity index (χ3v) is 11.1. The fourth-order valence-electron chi connectivity index (χ4n) is 6.83. The average molecular weight is 1010 g/mol. The zero-order valence-electron chi connectivity index (χ0n) is 46.4. The summed E-state index contributed by atoms with van der Waals surface area (Å²) in [6.07, 6.45) is 74.5. The van der Waals surface area contributed by atoms with E-state index in [1.807, 2.05) is 21.1 Å². The van der Waals surface area contributed by atoms with Crippen molar-refractivity contribution in [1.82, 2.24) is 0 Å². The number of allylic oxidation sites excluding steroid dienone is 24. The monoisotopic (exact) mass is 1010 g/mol. The van der Waals surface area contributed by atoms with Gasteiger partial charge in [-0.15, -0.1) is 0 Å². The summed E-state index contributed by atoms with van der Waals surface area (Å²) >= 11 is 0. The van der Waals surface area contributed by atoms with Crippen molar-refractivity contribution >= 4 is 17.9 Å². The summed E-state index contributed by atoms with van der Waals surface area (Å²) in [7, 11) is 5.89. The molecule has 0 aliphatic carbocycles. The van der Waals surface area contributed by atoms with Crippen molar-refractivity contribution in [3.8, 4) is 0 Å². The van der Waals surface area contributed by atoms with E-state index >= 15 is 0 Å². The van der Waals surface area contributed by atoms with Crippen LogP contribution in [0.2, 0.25) is 0 Å². The molecule has 9 nitrogen and oxygen atoms in total. The summed E-state index contributed by atoms with van der Waals surface area (Å²) in [5, 5.41) is 11.8. The zero-order valence-corrected chi connectivity index (χ0v) is 46.4. The minimum atomic E-state index is -1.64. The molecule has 2 unspecified atom stereocenters. The van der Waals surface area contributed by atoms with Crippen molar-refractivity contribution in [3.63, 3.8) is 0 Å². The number of carbonyl (C=O) groups excluding carboxylic acids is 3. The number of unbranched alkanes of at least 4 members (excludes halogenated alkanes) is 10. The van der Waals surface area contributed by atoms with Crippen LogP contribution in [0.3, 0.4) is 0 Å². The lowest BCUT2D eigenvalue weighted by atomic mass is 10.1. The van der Waals surface area contributed by atoms with Crippen molar-refractivity contribution in [3.05, 3.63) is 146 Å². The van der Waals surface area contributed by atoms with Gasteiger partial charge in [-0.3, -0.25) is 9.59 Å². The van der Waals surface area contributed by atoms with E-state index < -0.39 is 30.3 Å². The Labute approximate surface area is 445 Å². The number of esters is 2. The molecule has 0 saturated carbocycles. The molecule has 73 heavy (non-hydrogen) atoms. The summed E-state index contributed by atoms with van der Waals surface area (Å²) in [6.45, 7) is 4.44. The predicted molar refractivity (Wildman–Crippen MR) is 306 cm³/mol. The van der Waals surface area contributed by atoms with E-state index in [4.69, 9.17) is 18.9 Å². The largest absolute Gasteiger partial charge is 0.545 e. The number of hydrogen-bond acceptors (Lipinski definition) is 8. The Kier molecular flexibility index (Phi) is 49.9. The van der Waals surface area contributed by atoms with Gasteiger partial charge in [0.1, 0.15) is 13.2 Å². The molecule has 0 N–H and O–H groups in total. The van der Waals surface area contributed by atoms with Crippen molar-refractivity contribution in [2.75, 3.05) is 47.5 Å². The van der Waals surface area contributed by atoms with E-state index in [1.165, 1.54) is 0 Å². The highest BCUT2D eigenvalue weighted by Crippen LogP contribution is 2.13. The Hall–Kier alpha value is -4.83. The molecule has 2 atom stereocenters. The average Bonchev–Trinajstić information content (AvgIpc) is 3.36. The predicted octanol–water partition coefficient (Wildman–Crippen LogP) is 15.1. The molecule has 0 saturated heterocycles. The van der Waals surface area contributed by atoms with Crippen LogP contribution in [0.15, 0.2) is 146 Å². The van der Waals surface area contributed by atoms with Crippen LogP contribution in [0, 0.1) is 0 Å². The van der Waals surface area contributed by atoms with E-state index in [0.29, 0.717) is 23.9 Å². The first-order valence-electron chi connectivity index (χ1n) is 28.0. The number of nitrogens with zero attached hydrogens (tertiary/aromatic N) is 1. The smallest absolute Gasteiger partial charge is 0.306 e. The third kappa shape index (κ3) is 54.8. The van der Waals surface area contributed by atoms with Crippen LogP contribution in [0.5, 0.6) is 0 Å². The first kappa shape index (κ1) is 68.2. The van der Waals surface area contributed by atoms with Gasteiger partial charge in [0.2, 0.25) is 0 Å². The molecule has 0 aromatic carbocycles. The molecular formula is C64H101NO8. The summed E-state index contributed by atoms with van der Waals surface area (Å²) in [5.74, 6) is -2.36. The molecule has 0 radical (unpaired) electrons. The van der Waals surface area contributed by atoms with Crippen LogP contribution in [-0.2, 0) is 33.3 Å². The van der Waals surface area contributed by atoms with Gasteiger partial charge in [0.05, 0.1) is 40.3 Å². The summed E-state index contributed by atoms with van der Waals surface area (Å²) in [5.41, 5.74) is 0. The number of rotatable bonds is 49. The number of aliphatic carboxylic acids is 1. The van der Waals surface area contributed by atoms with Crippen molar-refractivity contribution in [2.45, 2.75) is 193 Å². The summed E-state index contributed by atoms with van der Waals surface area (Å²) in [4.78, 5) is 37.3. The highest BCUT2D eigenvalue weighted by molar-refractivity contribution is 5.70. The Morgan fingerprint density at radius 2 is 0.740 bits per heavy atom. The molecule has 0 rings (SSSR count). The van der Waals surface area contributed by atoms with E-state index in [2.05, 4.69) is 160 Å². The van der Waals surface area contributed by atoms with E-state index in [-0.39, 0.29) is 32.7 Å². The minimum absolute atomic E-state index is 0.130. The molecule has 0 aliphatic rings. The lowest BCUT2D eigenvalue weighted by Gasteiger charge is -2.26. The van der Waals surface area contributed by atoms with Crippen molar-refractivity contribution < 1.29 is 42.9 Å². The maximum atomic E-state index is 12.9. The maximum absolute atomic E-state index is 12.9. The highest BCUT2D eigenvalue weighted by atomic mass is 16.7. The molecule has 0 spiro atoms. The van der Waals surface area contributed by atoms with E-state index in [9.17, 15) is 19.5 Å².